The van der Waals surface area contributed by atoms with Gasteiger partial charge in [-0.1, -0.05) is 238 Å². The van der Waals surface area contributed by atoms with Gasteiger partial charge >= 0.3 is 0 Å². The van der Waals surface area contributed by atoms with Gasteiger partial charge in [0.05, 0.1) is 0 Å². The van der Waals surface area contributed by atoms with Crippen LogP contribution < -0.4 is 0 Å². The van der Waals surface area contributed by atoms with Gasteiger partial charge in [-0.2, -0.15) is 0 Å². The monoisotopic (exact) mass is 638 g/mol. The number of benzene rings is 1. The average Bonchev–Trinajstić information content (AvgIpc) is 3.07. The standard InChI is InChI=1S/C46H85/c1-4-7-9-11-13-15-17-19-21-23-25-27-29-31-33-35-37-39-45-41-44(6-3)42-46(43-45)40-38-36-34-32-30-28-26-24-22-20-18-16-14-12-10-8-5-2/h41-43H,3-40H2,1-2H3. The molecular weight excluding hydrogens is 553 g/mol. The Labute approximate surface area is 292 Å². The molecule has 0 saturated heterocycles. The van der Waals surface area contributed by atoms with Crippen LogP contribution in [0.4, 0.5) is 0 Å². The van der Waals surface area contributed by atoms with E-state index < -0.39 is 0 Å². The van der Waals surface area contributed by atoms with E-state index in [0.29, 0.717) is 0 Å². The Morgan fingerprint density at radius 3 is 0.696 bits per heavy atom. The van der Waals surface area contributed by atoms with Crippen molar-refractivity contribution in [2.45, 2.75) is 251 Å². The van der Waals surface area contributed by atoms with Gasteiger partial charge in [-0.3, -0.25) is 0 Å². The fourth-order valence-corrected chi connectivity index (χ4v) is 7.38. The summed E-state index contributed by atoms with van der Waals surface area (Å²) in [6, 6.07) is 7.41. The lowest BCUT2D eigenvalue weighted by molar-refractivity contribution is 0.527. The van der Waals surface area contributed by atoms with E-state index in [0.717, 1.165) is 6.42 Å². The molecule has 46 heavy (non-hydrogen) atoms. The molecule has 0 saturated carbocycles. The summed E-state index contributed by atoms with van der Waals surface area (Å²) in [5, 5.41) is 0. The summed E-state index contributed by atoms with van der Waals surface area (Å²) in [6.45, 7) is 8.82. The van der Waals surface area contributed by atoms with Gasteiger partial charge in [0.25, 0.3) is 0 Å². The van der Waals surface area contributed by atoms with E-state index in [2.05, 4.69) is 39.0 Å². The molecule has 0 aliphatic rings. The molecular formula is C46H85. The van der Waals surface area contributed by atoms with E-state index in [1.54, 1.807) is 11.1 Å². The Kier molecular flexibility index (Phi) is 33.4. The molecule has 0 spiro atoms. The summed E-state index contributed by atoms with van der Waals surface area (Å²) >= 11 is 0. The average molecular weight is 638 g/mol. The van der Waals surface area contributed by atoms with Gasteiger partial charge in [0.2, 0.25) is 0 Å². The highest BCUT2D eigenvalue weighted by atomic mass is 14.1. The molecule has 0 nitrogen and oxygen atoms in total. The van der Waals surface area contributed by atoms with Crippen molar-refractivity contribution in [3.05, 3.63) is 41.8 Å². The molecule has 0 atom stereocenters. The van der Waals surface area contributed by atoms with Crippen molar-refractivity contribution < 1.29 is 0 Å². The second kappa shape index (κ2) is 35.5. The topological polar surface area (TPSA) is 0 Å². The third kappa shape index (κ3) is 29.4. The third-order valence-electron chi connectivity index (χ3n) is 10.5. The van der Waals surface area contributed by atoms with Crippen LogP contribution >= 0.6 is 0 Å². The Bertz CT molecular complexity index is 660. The first-order valence-corrected chi connectivity index (χ1v) is 21.7. The number of aryl methyl sites for hydroxylation is 2. The molecule has 0 aromatic heterocycles. The second-order valence-corrected chi connectivity index (χ2v) is 15.2. The SMILES string of the molecule is [CH2]Cc1cc(CCCCCCCCCCCCCCCCCCC)cc(CCCCCCCCCCCCCCCCCCC)c1. The summed E-state index contributed by atoms with van der Waals surface area (Å²) < 4.78 is 0. The highest BCUT2D eigenvalue weighted by Crippen LogP contribution is 2.19. The molecule has 269 valence electrons. The quantitative estimate of drug-likeness (QED) is 0.0637. The Balaban J connectivity index is 1.95. The van der Waals surface area contributed by atoms with E-state index in [1.807, 2.05) is 0 Å². The highest BCUT2D eigenvalue weighted by Gasteiger charge is 2.03. The summed E-state index contributed by atoms with van der Waals surface area (Å²) in [7, 11) is 0. The van der Waals surface area contributed by atoms with Crippen molar-refractivity contribution in [2.75, 3.05) is 0 Å². The molecule has 1 aromatic rings. The first kappa shape index (κ1) is 43.2. The van der Waals surface area contributed by atoms with Gasteiger partial charge in [0.15, 0.2) is 0 Å². The molecule has 0 aliphatic heterocycles. The molecule has 1 rings (SSSR count). The zero-order chi connectivity index (χ0) is 33.0. The fraction of sp³-hybridized carbons (Fsp3) is 0.848. The van der Waals surface area contributed by atoms with Crippen LogP contribution in [0.25, 0.3) is 0 Å². The Morgan fingerprint density at radius 2 is 0.478 bits per heavy atom. The minimum atomic E-state index is 0.929. The van der Waals surface area contributed by atoms with Gasteiger partial charge in [0, 0.05) is 0 Å². The molecule has 0 amide bonds. The van der Waals surface area contributed by atoms with Crippen LogP contribution in [0.2, 0.25) is 0 Å². The number of hydrogen-bond donors (Lipinski definition) is 0. The number of rotatable bonds is 37. The van der Waals surface area contributed by atoms with Crippen LogP contribution in [0, 0.1) is 6.92 Å². The van der Waals surface area contributed by atoms with Gasteiger partial charge in [-0.15, -0.1) is 0 Å². The largest absolute Gasteiger partial charge is 0.0654 e. The maximum atomic E-state index is 4.20. The van der Waals surface area contributed by atoms with Crippen molar-refractivity contribution >= 4 is 0 Å². The van der Waals surface area contributed by atoms with Gasteiger partial charge < -0.3 is 0 Å². The second-order valence-electron chi connectivity index (χ2n) is 15.2. The predicted molar refractivity (Wildman–Crippen MR) is 211 cm³/mol. The fourth-order valence-electron chi connectivity index (χ4n) is 7.38. The van der Waals surface area contributed by atoms with E-state index >= 15 is 0 Å². The molecule has 1 radical (unpaired) electrons. The predicted octanol–water partition coefficient (Wildman–Crippen LogP) is 16.5. The van der Waals surface area contributed by atoms with Crippen LogP contribution in [-0.2, 0) is 19.3 Å². The lowest BCUT2D eigenvalue weighted by Gasteiger charge is -2.10. The van der Waals surface area contributed by atoms with Gasteiger partial charge in [-0.05, 0) is 55.7 Å². The van der Waals surface area contributed by atoms with Crippen LogP contribution in [0.1, 0.15) is 249 Å². The minimum Gasteiger partial charge on any atom is -0.0654 e. The van der Waals surface area contributed by atoms with Crippen molar-refractivity contribution in [1.29, 1.82) is 0 Å². The minimum absolute atomic E-state index is 0.929. The maximum absolute atomic E-state index is 4.20. The van der Waals surface area contributed by atoms with Crippen LogP contribution in [0.15, 0.2) is 18.2 Å². The molecule has 0 aliphatic carbocycles. The molecule has 0 N–H and O–H groups in total. The number of hydrogen-bond acceptors (Lipinski definition) is 0. The smallest absolute Gasteiger partial charge is 0.0279 e. The summed E-state index contributed by atoms with van der Waals surface area (Å²) in [5.74, 6) is 0. The van der Waals surface area contributed by atoms with Gasteiger partial charge in [-0.25, -0.2) is 0 Å². The zero-order valence-electron chi connectivity index (χ0n) is 32.1. The summed E-state index contributed by atoms with van der Waals surface area (Å²) in [5.41, 5.74) is 4.60. The van der Waals surface area contributed by atoms with E-state index in [4.69, 9.17) is 0 Å². The first-order chi connectivity index (χ1) is 22.8. The van der Waals surface area contributed by atoms with Crippen molar-refractivity contribution in [2.24, 2.45) is 0 Å². The Hall–Kier alpha value is -0.780. The Morgan fingerprint density at radius 1 is 0.283 bits per heavy atom. The van der Waals surface area contributed by atoms with Crippen LogP contribution in [0.3, 0.4) is 0 Å². The summed E-state index contributed by atoms with van der Waals surface area (Å²) in [4.78, 5) is 0. The van der Waals surface area contributed by atoms with Crippen LogP contribution in [0.5, 0.6) is 0 Å². The van der Waals surface area contributed by atoms with E-state index in [-0.39, 0.29) is 0 Å². The zero-order valence-corrected chi connectivity index (χ0v) is 32.1. The number of unbranched alkanes of at least 4 members (excludes halogenated alkanes) is 32. The molecule has 0 heteroatoms. The molecule has 1 aromatic carbocycles. The third-order valence-corrected chi connectivity index (χ3v) is 10.5. The lowest BCUT2D eigenvalue weighted by Crippen LogP contribution is -1.95. The van der Waals surface area contributed by atoms with Crippen molar-refractivity contribution in [1.82, 2.24) is 0 Å². The van der Waals surface area contributed by atoms with E-state index in [9.17, 15) is 0 Å². The molecule has 0 unspecified atom stereocenters. The maximum Gasteiger partial charge on any atom is -0.0279 e. The molecule has 0 bridgehead atoms. The van der Waals surface area contributed by atoms with Crippen molar-refractivity contribution in [3.63, 3.8) is 0 Å². The van der Waals surface area contributed by atoms with E-state index in [1.165, 1.54) is 237 Å². The lowest BCUT2D eigenvalue weighted by atomic mass is 9.96. The van der Waals surface area contributed by atoms with Gasteiger partial charge in [0.1, 0.15) is 0 Å². The first-order valence-electron chi connectivity index (χ1n) is 21.7. The molecule has 0 fully saturated rings. The van der Waals surface area contributed by atoms with Crippen molar-refractivity contribution in [3.8, 4) is 0 Å². The molecule has 0 heterocycles. The van der Waals surface area contributed by atoms with Crippen LogP contribution in [-0.4, -0.2) is 0 Å². The summed E-state index contributed by atoms with van der Waals surface area (Å²) in [6.07, 6.45) is 52.7. The highest BCUT2D eigenvalue weighted by molar-refractivity contribution is 5.31. The normalized spacial score (nSPS) is 11.5.